The second-order valence-corrected chi connectivity index (χ2v) is 4.93. The highest BCUT2D eigenvalue weighted by Crippen LogP contribution is 2.22. The summed E-state index contributed by atoms with van der Waals surface area (Å²) in [4.78, 5) is 2.41. The van der Waals surface area contributed by atoms with Crippen LogP contribution in [0.15, 0.2) is 5.16 Å². The molecule has 3 unspecified atom stereocenters. The SMILES string of the molecule is CC(CN1CCC(C)C(C)C1)C(N)=NO. The molecule has 0 amide bonds. The number of oxime groups is 1. The maximum atomic E-state index is 8.57. The standard InChI is InChI=1S/C11H23N3O/c1-8-4-5-14(6-9(8)2)7-10(3)11(12)13-15/h8-10,15H,4-7H2,1-3H3,(H2,12,13). The molecule has 1 saturated heterocycles. The van der Waals surface area contributed by atoms with Gasteiger partial charge in [0.05, 0.1) is 0 Å². The fraction of sp³-hybridized carbons (Fsp3) is 0.909. The molecule has 3 N–H and O–H groups in total. The molecular formula is C11H23N3O. The minimum absolute atomic E-state index is 0.135. The normalized spacial score (nSPS) is 31.5. The van der Waals surface area contributed by atoms with Gasteiger partial charge in [0.1, 0.15) is 5.84 Å². The minimum Gasteiger partial charge on any atom is -0.409 e. The summed E-state index contributed by atoms with van der Waals surface area (Å²) >= 11 is 0. The Hall–Kier alpha value is -0.770. The minimum atomic E-state index is 0.135. The zero-order valence-corrected chi connectivity index (χ0v) is 9.98. The van der Waals surface area contributed by atoms with Crippen molar-refractivity contribution < 1.29 is 5.21 Å². The molecule has 1 aliphatic heterocycles. The van der Waals surface area contributed by atoms with E-state index in [1.165, 1.54) is 6.42 Å². The Labute approximate surface area is 92.1 Å². The highest BCUT2D eigenvalue weighted by Gasteiger charge is 2.24. The van der Waals surface area contributed by atoms with Crippen LogP contribution in [0.4, 0.5) is 0 Å². The van der Waals surface area contributed by atoms with Gasteiger partial charge in [-0.1, -0.05) is 25.9 Å². The highest BCUT2D eigenvalue weighted by molar-refractivity contribution is 5.82. The van der Waals surface area contributed by atoms with Crippen molar-refractivity contribution in [1.82, 2.24) is 4.90 Å². The van der Waals surface area contributed by atoms with E-state index in [-0.39, 0.29) is 5.92 Å². The maximum Gasteiger partial charge on any atom is 0.143 e. The highest BCUT2D eigenvalue weighted by atomic mass is 16.4. The Kier molecular flexibility index (Phi) is 4.39. The number of rotatable bonds is 3. The Morgan fingerprint density at radius 1 is 1.53 bits per heavy atom. The van der Waals surface area contributed by atoms with Crippen LogP contribution < -0.4 is 5.73 Å². The topological polar surface area (TPSA) is 61.8 Å². The van der Waals surface area contributed by atoms with Crippen LogP contribution in [0, 0.1) is 17.8 Å². The van der Waals surface area contributed by atoms with E-state index in [1.54, 1.807) is 0 Å². The van der Waals surface area contributed by atoms with Crippen LogP contribution in [0.5, 0.6) is 0 Å². The summed E-state index contributed by atoms with van der Waals surface area (Å²) in [6, 6.07) is 0. The Morgan fingerprint density at radius 2 is 2.20 bits per heavy atom. The first kappa shape index (κ1) is 12.3. The van der Waals surface area contributed by atoms with Crippen LogP contribution in [-0.2, 0) is 0 Å². The molecule has 88 valence electrons. The lowest BCUT2D eigenvalue weighted by atomic mass is 9.88. The molecule has 1 rings (SSSR count). The first-order valence-electron chi connectivity index (χ1n) is 5.74. The number of nitrogens with two attached hydrogens (primary N) is 1. The van der Waals surface area contributed by atoms with Gasteiger partial charge in [0.25, 0.3) is 0 Å². The molecule has 0 aromatic rings. The zero-order valence-electron chi connectivity index (χ0n) is 9.98. The third-order valence-electron chi connectivity index (χ3n) is 3.57. The fourth-order valence-electron chi connectivity index (χ4n) is 2.09. The number of likely N-dealkylation sites (tertiary alicyclic amines) is 1. The monoisotopic (exact) mass is 213 g/mol. The third kappa shape index (κ3) is 3.38. The lowest BCUT2D eigenvalue weighted by Crippen LogP contribution is -2.42. The molecule has 1 aliphatic rings. The predicted octanol–water partition coefficient (Wildman–Crippen LogP) is 1.35. The van der Waals surface area contributed by atoms with Crippen molar-refractivity contribution in [2.75, 3.05) is 19.6 Å². The molecular weight excluding hydrogens is 190 g/mol. The van der Waals surface area contributed by atoms with E-state index in [0.29, 0.717) is 5.84 Å². The van der Waals surface area contributed by atoms with E-state index in [4.69, 9.17) is 10.9 Å². The van der Waals surface area contributed by atoms with Crippen LogP contribution in [0.25, 0.3) is 0 Å². The molecule has 15 heavy (non-hydrogen) atoms. The third-order valence-corrected chi connectivity index (χ3v) is 3.57. The Bertz CT molecular complexity index is 230. The number of hydrogen-bond acceptors (Lipinski definition) is 3. The number of amidine groups is 1. The van der Waals surface area contributed by atoms with Crippen LogP contribution in [-0.4, -0.2) is 35.6 Å². The zero-order chi connectivity index (χ0) is 11.4. The average Bonchev–Trinajstić information content (AvgIpc) is 2.22. The van der Waals surface area contributed by atoms with Crippen LogP contribution in [0.1, 0.15) is 27.2 Å². The summed E-state index contributed by atoms with van der Waals surface area (Å²) in [6.07, 6.45) is 1.25. The quantitative estimate of drug-likeness (QED) is 0.322. The van der Waals surface area contributed by atoms with Crippen molar-refractivity contribution in [2.24, 2.45) is 28.6 Å². The molecule has 0 aromatic heterocycles. The molecule has 0 aromatic carbocycles. The first-order chi connectivity index (χ1) is 7.04. The summed E-state index contributed by atoms with van der Waals surface area (Å²) in [5.74, 6) is 2.04. The van der Waals surface area contributed by atoms with Crippen molar-refractivity contribution >= 4 is 5.84 Å². The molecule has 0 aliphatic carbocycles. The van der Waals surface area contributed by atoms with E-state index in [9.17, 15) is 0 Å². The summed E-state index contributed by atoms with van der Waals surface area (Å²) in [7, 11) is 0. The molecule has 0 spiro atoms. The fourth-order valence-corrected chi connectivity index (χ4v) is 2.09. The van der Waals surface area contributed by atoms with Gasteiger partial charge in [-0.25, -0.2) is 0 Å². The molecule has 4 heteroatoms. The Balaban J connectivity index is 2.40. The molecule has 0 bridgehead atoms. The summed E-state index contributed by atoms with van der Waals surface area (Å²) in [5.41, 5.74) is 5.57. The van der Waals surface area contributed by atoms with Crippen molar-refractivity contribution in [1.29, 1.82) is 0 Å². The number of piperidine rings is 1. The van der Waals surface area contributed by atoms with E-state index in [1.807, 2.05) is 6.92 Å². The number of nitrogens with zero attached hydrogens (tertiary/aromatic N) is 2. The van der Waals surface area contributed by atoms with Gasteiger partial charge in [0.15, 0.2) is 0 Å². The molecule has 3 atom stereocenters. The molecule has 1 fully saturated rings. The van der Waals surface area contributed by atoms with Gasteiger partial charge in [0.2, 0.25) is 0 Å². The molecule has 1 heterocycles. The van der Waals surface area contributed by atoms with Gasteiger partial charge in [-0.3, -0.25) is 0 Å². The van der Waals surface area contributed by atoms with E-state index >= 15 is 0 Å². The second kappa shape index (κ2) is 5.35. The largest absolute Gasteiger partial charge is 0.409 e. The van der Waals surface area contributed by atoms with Crippen molar-refractivity contribution in [3.63, 3.8) is 0 Å². The molecule has 0 saturated carbocycles. The van der Waals surface area contributed by atoms with Crippen LogP contribution in [0.3, 0.4) is 0 Å². The Morgan fingerprint density at radius 3 is 2.73 bits per heavy atom. The van der Waals surface area contributed by atoms with Gasteiger partial charge >= 0.3 is 0 Å². The lowest BCUT2D eigenvalue weighted by molar-refractivity contribution is 0.131. The van der Waals surface area contributed by atoms with Gasteiger partial charge in [0, 0.05) is 19.0 Å². The second-order valence-electron chi connectivity index (χ2n) is 4.93. The summed E-state index contributed by atoms with van der Waals surface area (Å²) < 4.78 is 0. The lowest BCUT2D eigenvalue weighted by Gasteiger charge is -2.36. The van der Waals surface area contributed by atoms with Crippen molar-refractivity contribution in [2.45, 2.75) is 27.2 Å². The van der Waals surface area contributed by atoms with Crippen molar-refractivity contribution in [3.05, 3.63) is 0 Å². The smallest absolute Gasteiger partial charge is 0.143 e. The molecule has 0 radical (unpaired) electrons. The maximum absolute atomic E-state index is 8.57. The van der Waals surface area contributed by atoms with Gasteiger partial charge in [-0.05, 0) is 24.8 Å². The van der Waals surface area contributed by atoms with E-state index in [0.717, 1.165) is 31.5 Å². The first-order valence-corrected chi connectivity index (χ1v) is 5.74. The summed E-state index contributed by atoms with van der Waals surface area (Å²) in [5, 5.41) is 11.6. The van der Waals surface area contributed by atoms with E-state index < -0.39 is 0 Å². The average molecular weight is 213 g/mol. The van der Waals surface area contributed by atoms with Gasteiger partial charge < -0.3 is 15.8 Å². The predicted molar refractivity (Wildman–Crippen MR) is 62.0 cm³/mol. The van der Waals surface area contributed by atoms with E-state index in [2.05, 4.69) is 23.9 Å². The van der Waals surface area contributed by atoms with Crippen LogP contribution >= 0.6 is 0 Å². The molecule has 4 nitrogen and oxygen atoms in total. The van der Waals surface area contributed by atoms with Crippen LogP contribution in [0.2, 0.25) is 0 Å². The number of hydrogen-bond donors (Lipinski definition) is 2. The summed E-state index contributed by atoms with van der Waals surface area (Å²) in [6.45, 7) is 9.77. The van der Waals surface area contributed by atoms with Gasteiger partial charge in [-0.2, -0.15) is 0 Å². The van der Waals surface area contributed by atoms with Crippen molar-refractivity contribution in [3.8, 4) is 0 Å². The van der Waals surface area contributed by atoms with Gasteiger partial charge in [-0.15, -0.1) is 0 Å².